The van der Waals surface area contributed by atoms with Gasteiger partial charge in [-0.05, 0) is 36.8 Å². The molecule has 3 heterocycles. The van der Waals surface area contributed by atoms with Gasteiger partial charge in [0.1, 0.15) is 17.3 Å². The van der Waals surface area contributed by atoms with E-state index in [0.717, 1.165) is 12.6 Å². The average Bonchev–Trinajstić information content (AvgIpc) is 3.13. The summed E-state index contributed by atoms with van der Waals surface area (Å²) in [6.07, 6.45) is 1.74. The predicted molar refractivity (Wildman–Crippen MR) is 105 cm³/mol. The summed E-state index contributed by atoms with van der Waals surface area (Å²) < 4.78 is 49.2. The minimum absolute atomic E-state index is 0.0213. The molecule has 0 radical (unpaired) electrons. The summed E-state index contributed by atoms with van der Waals surface area (Å²) in [5.74, 6) is -0.670. The standard InChI is InChI=1S/C19H17F3N4O3S/c20-14-3-1-11(25-16(27)15-4-2-12(8-24-15)29-17(21)22)7-13(14)19-10(5-6-28-19)9-30-18(23)26-19/h1-4,7-8,10,17H,5-6,9H2,(H2,23,26)(H,25,27)/t10-,19+/m0/s1. The Morgan fingerprint density at radius 2 is 2.20 bits per heavy atom. The van der Waals surface area contributed by atoms with Crippen LogP contribution in [0.5, 0.6) is 5.75 Å². The van der Waals surface area contributed by atoms with E-state index in [1.807, 2.05) is 0 Å². The highest BCUT2D eigenvalue weighted by atomic mass is 32.2. The number of carbonyl (C=O) groups excluding carboxylic acids is 1. The number of hydrogen-bond donors (Lipinski definition) is 2. The number of ether oxygens (including phenoxy) is 2. The maximum Gasteiger partial charge on any atom is 0.387 e. The van der Waals surface area contributed by atoms with Crippen molar-refractivity contribution in [2.45, 2.75) is 18.8 Å². The highest BCUT2D eigenvalue weighted by Crippen LogP contribution is 2.48. The average molecular weight is 438 g/mol. The first kappa shape index (κ1) is 20.5. The Bertz CT molecular complexity index is 989. The first-order valence-electron chi connectivity index (χ1n) is 9.02. The molecule has 158 valence electrons. The second-order valence-electron chi connectivity index (χ2n) is 6.70. The van der Waals surface area contributed by atoms with E-state index in [2.05, 4.69) is 20.0 Å². The fourth-order valence-electron chi connectivity index (χ4n) is 3.49. The molecule has 1 saturated heterocycles. The summed E-state index contributed by atoms with van der Waals surface area (Å²) >= 11 is 1.40. The number of nitrogens with two attached hydrogens (primary N) is 1. The molecule has 0 spiro atoms. The highest BCUT2D eigenvalue weighted by molar-refractivity contribution is 8.13. The molecule has 0 saturated carbocycles. The van der Waals surface area contributed by atoms with Gasteiger partial charge in [-0.2, -0.15) is 8.78 Å². The molecule has 2 aliphatic heterocycles. The van der Waals surface area contributed by atoms with Crippen molar-refractivity contribution in [2.75, 3.05) is 17.7 Å². The molecule has 1 amide bonds. The number of thioether (sulfide) groups is 1. The number of rotatable bonds is 5. The fourth-order valence-corrected chi connectivity index (χ4v) is 4.45. The molecule has 1 aromatic carbocycles. The number of fused-ring (bicyclic) bond motifs is 1. The summed E-state index contributed by atoms with van der Waals surface area (Å²) in [7, 11) is 0. The number of hydrogen-bond acceptors (Lipinski definition) is 7. The first-order chi connectivity index (χ1) is 14.4. The van der Waals surface area contributed by atoms with Crippen molar-refractivity contribution in [1.29, 1.82) is 0 Å². The van der Waals surface area contributed by atoms with E-state index < -0.39 is 24.1 Å². The summed E-state index contributed by atoms with van der Waals surface area (Å²) in [5.41, 5.74) is 5.14. The monoisotopic (exact) mass is 438 g/mol. The molecule has 7 nitrogen and oxygen atoms in total. The van der Waals surface area contributed by atoms with Crippen molar-refractivity contribution in [2.24, 2.45) is 16.6 Å². The lowest BCUT2D eigenvalue weighted by Gasteiger charge is -2.34. The Morgan fingerprint density at radius 3 is 2.93 bits per heavy atom. The van der Waals surface area contributed by atoms with Gasteiger partial charge in [0.15, 0.2) is 10.9 Å². The topological polar surface area (TPSA) is 98.8 Å². The third kappa shape index (κ3) is 3.94. The molecule has 1 aromatic heterocycles. The maximum atomic E-state index is 14.7. The number of nitrogens with one attached hydrogen (secondary N) is 1. The van der Waals surface area contributed by atoms with Gasteiger partial charge in [0.05, 0.1) is 12.8 Å². The Morgan fingerprint density at radius 1 is 1.37 bits per heavy atom. The van der Waals surface area contributed by atoms with Gasteiger partial charge in [0, 0.05) is 22.9 Å². The molecule has 2 aromatic rings. The summed E-state index contributed by atoms with van der Waals surface area (Å²) in [6, 6.07) is 6.54. The number of benzene rings is 1. The fraction of sp³-hybridized carbons (Fsp3) is 0.316. The van der Waals surface area contributed by atoms with Crippen molar-refractivity contribution < 1.29 is 27.4 Å². The molecule has 2 aliphatic rings. The molecule has 3 N–H and O–H groups in total. The Hall–Kier alpha value is -2.79. The smallest absolute Gasteiger partial charge is 0.387 e. The molecule has 0 unspecified atom stereocenters. The van der Waals surface area contributed by atoms with Crippen LogP contribution in [0.25, 0.3) is 0 Å². The molecule has 11 heteroatoms. The molecule has 0 bridgehead atoms. The minimum Gasteiger partial charge on any atom is -0.433 e. The van der Waals surface area contributed by atoms with Crippen LogP contribution in [-0.4, -0.2) is 35.0 Å². The maximum absolute atomic E-state index is 14.7. The first-order valence-corrected chi connectivity index (χ1v) is 10.0. The third-order valence-electron chi connectivity index (χ3n) is 4.85. The van der Waals surface area contributed by atoms with Crippen LogP contribution in [0.15, 0.2) is 41.5 Å². The number of aliphatic imine (C=N–C) groups is 1. The zero-order valence-electron chi connectivity index (χ0n) is 15.5. The van der Waals surface area contributed by atoms with Crippen molar-refractivity contribution in [3.8, 4) is 5.75 Å². The van der Waals surface area contributed by atoms with E-state index in [4.69, 9.17) is 10.5 Å². The SMILES string of the molecule is NC1=N[C@@]2(c3cc(NC(=O)c4ccc(OC(F)F)cn4)ccc3F)OCC[C@H]2CS1. The van der Waals surface area contributed by atoms with Gasteiger partial charge in [0.2, 0.25) is 0 Å². The van der Waals surface area contributed by atoms with Gasteiger partial charge >= 0.3 is 6.61 Å². The number of aromatic nitrogens is 1. The van der Waals surface area contributed by atoms with Gasteiger partial charge < -0.3 is 20.5 Å². The number of amides is 1. The van der Waals surface area contributed by atoms with Gasteiger partial charge in [0.25, 0.3) is 5.91 Å². The van der Waals surface area contributed by atoms with Gasteiger partial charge in [-0.25, -0.2) is 14.4 Å². The van der Waals surface area contributed by atoms with Crippen LogP contribution in [0, 0.1) is 11.7 Å². The zero-order valence-corrected chi connectivity index (χ0v) is 16.3. The van der Waals surface area contributed by atoms with Crippen molar-refractivity contribution in [3.05, 3.63) is 53.6 Å². The molecule has 1 fully saturated rings. The minimum atomic E-state index is -2.99. The Labute approximate surface area is 173 Å². The lowest BCUT2D eigenvalue weighted by Crippen LogP contribution is -2.38. The summed E-state index contributed by atoms with van der Waals surface area (Å²) in [4.78, 5) is 20.7. The number of pyridine rings is 1. The molecular formula is C19H17F3N4O3S. The van der Waals surface area contributed by atoms with Crippen LogP contribution >= 0.6 is 11.8 Å². The van der Waals surface area contributed by atoms with E-state index in [1.165, 1.54) is 42.1 Å². The van der Waals surface area contributed by atoms with E-state index in [9.17, 15) is 18.0 Å². The lowest BCUT2D eigenvalue weighted by molar-refractivity contribution is -0.0500. The van der Waals surface area contributed by atoms with Crippen molar-refractivity contribution in [1.82, 2.24) is 4.98 Å². The van der Waals surface area contributed by atoms with Crippen LogP contribution in [-0.2, 0) is 10.5 Å². The van der Waals surface area contributed by atoms with Crippen LogP contribution in [0.4, 0.5) is 18.9 Å². The lowest BCUT2D eigenvalue weighted by atomic mass is 9.89. The quantitative estimate of drug-likeness (QED) is 0.743. The number of carbonyl (C=O) groups is 1. The van der Waals surface area contributed by atoms with Gasteiger partial charge in [-0.15, -0.1) is 0 Å². The van der Waals surface area contributed by atoms with Crippen LogP contribution in [0.1, 0.15) is 22.5 Å². The largest absolute Gasteiger partial charge is 0.433 e. The van der Waals surface area contributed by atoms with Crippen LogP contribution in [0.2, 0.25) is 0 Å². The van der Waals surface area contributed by atoms with E-state index in [0.29, 0.717) is 23.2 Å². The molecular weight excluding hydrogens is 421 g/mol. The highest BCUT2D eigenvalue weighted by Gasteiger charge is 2.49. The number of alkyl halides is 2. The number of anilines is 1. The van der Waals surface area contributed by atoms with Gasteiger partial charge in [-0.3, -0.25) is 4.79 Å². The van der Waals surface area contributed by atoms with Crippen molar-refractivity contribution in [3.63, 3.8) is 0 Å². The summed E-state index contributed by atoms with van der Waals surface area (Å²) in [6.45, 7) is -2.56. The van der Waals surface area contributed by atoms with Crippen molar-refractivity contribution >= 4 is 28.5 Å². The third-order valence-corrected chi connectivity index (χ3v) is 5.81. The van der Waals surface area contributed by atoms with Crippen LogP contribution < -0.4 is 15.8 Å². The summed E-state index contributed by atoms with van der Waals surface area (Å²) in [5, 5.41) is 2.93. The zero-order chi connectivity index (χ0) is 21.3. The Kier molecular flexibility index (Phi) is 5.56. The normalized spacial score (nSPS) is 23.1. The predicted octanol–water partition coefficient (Wildman–Crippen LogP) is 3.33. The second-order valence-corrected chi connectivity index (χ2v) is 7.74. The molecule has 4 rings (SSSR count). The molecule has 2 atom stereocenters. The van der Waals surface area contributed by atoms with E-state index >= 15 is 0 Å². The molecule has 30 heavy (non-hydrogen) atoms. The van der Waals surface area contributed by atoms with E-state index in [-0.39, 0.29) is 22.9 Å². The second kappa shape index (κ2) is 8.15. The van der Waals surface area contributed by atoms with Gasteiger partial charge in [-0.1, -0.05) is 11.8 Å². The number of nitrogens with zero attached hydrogens (tertiary/aromatic N) is 2. The molecule has 0 aliphatic carbocycles. The number of halogens is 3. The van der Waals surface area contributed by atoms with Crippen LogP contribution in [0.3, 0.4) is 0 Å². The Balaban J connectivity index is 1.58. The van der Waals surface area contributed by atoms with E-state index in [1.54, 1.807) is 0 Å². The number of amidine groups is 1.